The van der Waals surface area contributed by atoms with Crippen LogP contribution in [0.25, 0.3) is 0 Å². The molecule has 5 heteroatoms. The summed E-state index contributed by atoms with van der Waals surface area (Å²) in [6.07, 6.45) is -3.44. The summed E-state index contributed by atoms with van der Waals surface area (Å²) in [5.74, 6) is 0. The van der Waals surface area contributed by atoms with Gasteiger partial charge in [0.1, 0.15) is 0 Å². The fraction of sp³-hybridized carbons (Fsp3) is 0.833. The molecule has 0 aromatic carbocycles. The third kappa shape index (κ3) is 3.13. The Labute approximate surface area is 65.6 Å². The maximum atomic E-state index is 9.10. The highest BCUT2D eigenvalue weighted by atomic mass is 16.3. The van der Waals surface area contributed by atoms with Crippen LogP contribution in [0.1, 0.15) is 0 Å². The van der Waals surface area contributed by atoms with Crippen molar-refractivity contribution < 1.29 is 15.3 Å². The van der Waals surface area contributed by atoms with Gasteiger partial charge in [-0.25, -0.2) is 0 Å². The number of aliphatic hydroxyl groups is 3. The molecule has 0 spiro atoms. The summed E-state index contributed by atoms with van der Waals surface area (Å²) >= 11 is 0. The number of hydrogen-bond acceptors (Lipinski definition) is 5. The zero-order valence-corrected chi connectivity index (χ0v) is 6.22. The Kier molecular flexibility index (Phi) is 4.55. The first-order chi connectivity index (χ1) is 5.00. The molecule has 4 unspecified atom stereocenters. The minimum atomic E-state index is -1.23. The Balaban J connectivity index is 3.90. The molecule has 0 amide bonds. The normalized spacial score (nSPS) is 22.4. The van der Waals surface area contributed by atoms with Crippen LogP contribution in [-0.4, -0.2) is 46.2 Å². The molecule has 0 aliphatic carbocycles. The molecule has 0 aromatic heterocycles. The minimum Gasteiger partial charge on any atom is -0.391 e. The molecular weight excluding hydrogens is 148 g/mol. The van der Waals surface area contributed by atoms with Crippen LogP contribution in [0, 0.1) is 6.92 Å². The molecule has 5 nitrogen and oxygen atoms in total. The fourth-order valence-corrected chi connectivity index (χ4v) is 0.624. The molecule has 0 rings (SSSR count). The van der Waals surface area contributed by atoms with E-state index in [-0.39, 0.29) is 6.54 Å². The average molecular weight is 163 g/mol. The highest BCUT2D eigenvalue weighted by molar-refractivity contribution is 4.85. The van der Waals surface area contributed by atoms with Crippen molar-refractivity contribution in [1.29, 1.82) is 0 Å². The first-order valence-corrected chi connectivity index (χ1v) is 3.33. The van der Waals surface area contributed by atoms with Gasteiger partial charge in [0.15, 0.2) is 0 Å². The largest absolute Gasteiger partial charge is 0.391 e. The molecule has 0 saturated carbocycles. The van der Waals surface area contributed by atoms with Crippen molar-refractivity contribution in [3.05, 3.63) is 6.92 Å². The van der Waals surface area contributed by atoms with Crippen molar-refractivity contribution in [2.45, 2.75) is 24.4 Å². The third-order valence-corrected chi connectivity index (χ3v) is 1.47. The number of hydrogen-bond donors (Lipinski definition) is 5. The molecule has 0 saturated heterocycles. The van der Waals surface area contributed by atoms with Crippen molar-refractivity contribution in [2.24, 2.45) is 11.5 Å². The standard InChI is InChI=1S/C6H15N2O3/c1-3(9)5(8)6(11)4(10)2-7/h3-6,9-11H,1-2,7-8H2. The van der Waals surface area contributed by atoms with Gasteiger partial charge in [-0.2, -0.15) is 0 Å². The number of aliphatic hydroxyl groups excluding tert-OH is 3. The van der Waals surface area contributed by atoms with Crippen molar-refractivity contribution in [2.75, 3.05) is 6.54 Å². The SMILES string of the molecule is [CH2]C(O)C(N)C(O)C(O)CN. The maximum absolute atomic E-state index is 9.10. The third-order valence-electron chi connectivity index (χ3n) is 1.47. The highest BCUT2D eigenvalue weighted by Gasteiger charge is 2.25. The van der Waals surface area contributed by atoms with Gasteiger partial charge in [0.2, 0.25) is 0 Å². The van der Waals surface area contributed by atoms with E-state index in [0.29, 0.717) is 0 Å². The van der Waals surface area contributed by atoms with Crippen LogP contribution < -0.4 is 11.5 Å². The summed E-state index contributed by atoms with van der Waals surface area (Å²) in [5.41, 5.74) is 10.3. The van der Waals surface area contributed by atoms with Gasteiger partial charge >= 0.3 is 0 Å². The number of rotatable bonds is 4. The average Bonchev–Trinajstić information content (AvgIpc) is 2.00. The topological polar surface area (TPSA) is 113 Å². The van der Waals surface area contributed by atoms with E-state index in [4.69, 9.17) is 26.8 Å². The summed E-state index contributed by atoms with van der Waals surface area (Å²) in [5, 5.41) is 26.8. The first kappa shape index (κ1) is 10.8. The van der Waals surface area contributed by atoms with Gasteiger partial charge < -0.3 is 26.8 Å². The molecule has 4 atom stereocenters. The van der Waals surface area contributed by atoms with Gasteiger partial charge in [-0.1, -0.05) is 0 Å². The van der Waals surface area contributed by atoms with E-state index < -0.39 is 24.4 Å². The first-order valence-electron chi connectivity index (χ1n) is 3.33. The van der Waals surface area contributed by atoms with Gasteiger partial charge in [0.25, 0.3) is 0 Å². The van der Waals surface area contributed by atoms with Crippen molar-refractivity contribution >= 4 is 0 Å². The summed E-state index contributed by atoms with van der Waals surface area (Å²) < 4.78 is 0. The second-order valence-electron chi connectivity index (χ2n) is 2.44. The van der Waals surface area contributed by atoms with Crippen LogP contribution in [-0.2, 0) is 0 Å². The lowest BCUT2D eigenvalue weighted by Gasteiger charge is -2.24. The van der Waals surface area contributed by atoms with E-state index in [1.807, 2.05) is 0 Å². The molecule has 1 radical (unpaired) electrons. The van der Waals surface area contributed by atoms with Crippen molar-refractivity contribution in [3.8, 4) is 0 Å². The second kappa shape index (κ2) is 4.63. The Morgan fingerprint density at radius 3 is 2.00 bits per heavy atom. The predicted octanol–water partition coefficient (Wildman–Crippen LogP) is -2.81. The van der Waals surface area contributed by atoms with E-state index in [9.17, 15) is 0 Å². The van der Waals surface area contributed by atoms with E-state index in [0.717, 1.165) is 0 Å². The molecule has 7 N–H and O–H groups in total. The molecule has 0 aliphatic heterocycles. The van der Waals surface area contributed by atoms with Crippen LogP contribution in [0.3, 0.4) is 0 Å². The van der Waals surface area contributed by atoms with Gasteiger partial charge in [0.05, 0.1) is 24.4 Å². The van der Waals surface area contributed by atoms with Gasteiger partial charge in [-0.15, -0.1) is 0 Å². The molecule has 0 bridgehead atoms. The molecule has 11 heavy (non-hydrogen) atoms. The fourth-order valence-electron chi connectivity index (χ4n) is 0.624. The van der Waals surface area contributed by atoms with Gasteiger partial charge in [-0.3, -0.25) is 0 Å². The van der Waals surface area contributed by atoms with Crippen molar-refractivity contribution in [3.63, 3.8) is 0 Å². The van der Waals surface area contributed by atoms with E-state index >= 15 is 0 Å². The minimum absolute atomic E-state index is 0.0956. The highest BCUT2D eigenvalue weighted by Crippen LogP contribution is 2.00. The molecule has 0 fully saturated rings. The van der Waals surface area contributed by atoms with E-state index in [1.165, 1.54) is 0 Å². The van der Waals surface area contributed by atoms with E-state index in [2.05, 4.69) is 6.92 Å². The lowest BCUT2D eigenvalue weighted by Crippen LogP contribution is -2.51. The summed E-state index contributed by atoms with van der Waals surface area (Å²) in [6.45, 7) is 3.10. The molecule has 67 valence electrons. The Bertz CT molecular complexity index is 110. The summed E-state index contributed by atoms with van der Waals surface area (Å²) in [4.78, 5) is 0. The lowest BCUT2D eigenvalue weighted by molar-refractivity contribution is -0.0142. The smallest absolute Gasteiger partial charge is 0.0987 e. The maximum Gasteiger partial charge on any atom is 0.0987 e. The van der Waals surface area contributed by atoms with E-state index in [1.54, 1.807) is 0 Å². The molecular formula is C6H15N2O3. The lowest BCUT2D eigenvalue weighted by atomic mass is 10.0. The Hall–Kier alpha value is -0.200. The zero-order valence-electron chi connectivity index (χ0n) is 6.22. The second-order valence-corrected chi connectivity index (χ2v) is 2.44. The van der Waals surface area contributed by atoms with Gasteiger partial charge in [-0.05, 0) is 6.92 Å². The molecule has 0 aliphatic rings. The van der Waals surface area contributed by atoms with Crippen LogP contribution in [0.2, 0.25) is 0 Å². The quantitative estimate of drug-likeness (QED) is 0.307. The molecule has 0 heterocycles. The Morgan fingerprint density at radius 1 is 1.27 bits per heavy atom. The van der Waals surface area contributed by atoms with Crippen LogP contribution in [0.15, 0.2) is 0 Å². The van der Waals surface area contributed by atoms with Crippen LogP contribution in [0.5, 0.6) is 0 Å². The van der Waals surface area contributed by atoms with Crippen LogP contribution >= 0.6 is 0 Å². The predicted molar refractivity (Wildman–Crippen MR) is 40.4 cm³/mol. The zero-order chi connectivity index (χ0) is 9.02. The Morgan fingerprint density at radius 2 is 1.73 bits per heavy atom. The van der Waals surface area contributed by atoms with Crippen molar-refractivity contribution in [1.82, 2.24) is 0 Å². The number of nitrogens with two attached hydrogens (primary N) is 2. The monoisotopic (exact) mass is 163 g/mol. The van der Waals surface area contributed by atoms with Crippen LogP contribution in [0.4, 0.5) is 0 Å². The molecule has 0 aromatic rings. The van der Waals surface area contributed by atoms with Gasteiger partial charge in [0, 0.05) is 6.54 Å². The summed E-state index contributed by atoms with van der Waals surface area (Å²) in [7, 11) is 0. The summed E-state index contributed by atoms with van der Waals surface area (Å²) in [6, 6.07) is -0.964.